The fraction of sp³-hybridized carbons (Fsp3) is 0.400. The van der Waals surface area contributed by atoms with Gasteiger partial charge in [-0.25, -0.2) is 4.79 Å². The summed E-state index contributed by atoms with van der Waals surface area (Å²) in [6.07, 6.45) is 5.64. The van der Waals surface area contributed by atoms with E-state index in [1.807, 2.05) is 25.1 Å². The van der Waals surface area contributed by atoms with Crippen molar-refractivity contribution in [3.05, 3.63) is 75.0 Å². The molecule has 2 aliphatic heterocycles. The zero-order valence-corrected chi connectivity index (χ0v) is 23.9. The Morgan fingerprint density at radius 3 is 2.44 bits per heavy atom. The number of carbonyl (C=O) groups is 1. The lowest BCUT2D eigenvalue weighted by atomic mass is 10.00. The van der Waals surface area contributed by atoms with Gasteiger partial charge in [0.1, 0.15) is 11.5 Å². The van der Waals surface area contributed by atoms with Crippen molar-refractivity contribution in [3.8, 4) is 17.3 Å². The summed E-state index contributed by atoms with van der Waals surface area (Å²) in [7, 11) is 0. The molecule has 3 fully saturated rings. The van der Waals surface area contributed by atoms with Crippen molar-refractivity contribution in [2.24, 2.45) is 0 Å². The first-order chi connectivity index (χ1) is 20.0. The Morgan fingerprint density at radius 2 is 1.73 bits per heavy atom. The van der Waals surface area contributed by atoms with Gasteiger partial charge in [0.2, 0.25) is 0 Å². The lowest BCUT2D eigenvalue weighted by Crippen LogP contribution is -2.45. The van der Waals surface area contributed by atoms with Crippen LogP contribution >= 0.6 is 23.2 Å². The highest BCUT2D eigenvalue weighted by Crippen LogP contribution is 2.47. The molecule has 0 N–H and O–H groups in total. The van der Waals surface area contributed by atoms with Gasteiger partial charge in [-0.15, -0.1) is 0 Å². The normalized spacial score (nSPS) is 21.8. The highest BCUT2D eigenvalue weighted by molar-refractivity contribution is 6.39. The first-order valence-corrected chi connectivity index (χ1v) is 14.7. The second-order valence-electron chi connectivity index (χ2n) is 11.0. The van der Waals surface area contributed by atoms with Crippen molar-refractivity contribution in [2.75, 3.05) is 4.90 Å². The zero-order valence-electron chi connectivity index (χ0n) is 22.4. The first kappa shape index (κ1) is 26.5. The summed E-state index contributed by atoms with van der Waals surface area (Å²) in [6, 6.07) is 13.4. The van der Waals surface area contributed by atoms with Crippen LogP contribution in [0.25, 0.3) is 11.3 Å². The fourth-order valence-corrected chi connectivity index (χ4v) is 6.69. The van der Waals surface area contributed by atoms with Gasteiger partial charge in [-0.2, -0.15) is 0 Å². The smallest absolute Gasteiger partial charge is 0.374 e. The number of esters is 1. The molecule has 2 bridgehead atoms. The number of aryl methyl sites for hydroxylation is 1. The molecule has 3 aliphatic rings. The van der Waals surface area contributed by atoms with Crippen LogP contribution in [0.2, 0.25) is 10.0 Å². The highest BCUT2D eigenvalue weighted by atomic mass is 35.5. The van der Waals surface area contributed by atoms with E-state index in [0.717, 1.165) is 55.4 Å². The van der Waals surface area contributed by atoms with Crippen LogP contribution < -0.4 is 9.64 Å². The minimum Gasteiger partial charge on any atom is -0.374 e. The van der Waals surface area contributed by atoms with Crippen LogP contribution in [-0.4, -0.2) is 39.5 Å². The fourth-order valence-electron chi connectivity index (χ4n) is 6.11. The standard InChI is InChI=1S/C30H28Cl2N4O5/c1-16-5-2-3-6-21(16)28(37)39-30-34-33-29(40-30)36-18-11-12-19(36)14-20(13-18)38-15-22-26(35-41-27(22)17-9-10-17)25-23(31)7-4-8-24(25)32/h2-8,17-20H,9-15H2,1H3/t18-,19+,20?. The molecule has 1 aliphatic carbocycles. The predicted octanol–water partition coefficient (Wildman–Crippen LogP) is 7.15. The maximum absolute atomic E-state index is 12.6. The number of benzene rings is 2. The van der Waals surface area contributed by atoms with Gasteiger partial charge < -0.3 is 23.3 Å². The molecule has 2 aromatic carbocycles. The van der Waals surface area contributed by atoms with Crippen LogP contribution in [0.3, 0.4) is 0 Å². The molecule has 0 radical (unpaired) electrons. The summed E-state index contributed by atoms with van der Waals surface area (Å²) in [6.45, 7) is 2.22. The van der Waals surface area contributed by atoms with Crippen molar-refractivity contribution in [3.63, 3.8) is 0 Å². The van der Waals surface area contributed by atoms with E-state index >= 15 is 0 Å². The van der Waals surface area contributed by atoms with E-state index in [1.165, 1.54) is 0 Å². The molecule has 2 aromatic heterocycles. The predicted molar refractivity (Wildman–Crippen MR) is 151 cm³/mol. The van der Waals surface area contributed by atoms with E-state index in [2.05, 4.69) is 20.3 Å². The van der Waals surface area contributed by atoms with Gasteiger partial charge in [0.25, 0.3) is 0 Å². The van der Waals surface area contributed by atoms with Gasteiger partial charge in [0, 0.05) is 29.1 Å². The van der Waals surface area contributed by atoms with Crippen LogP contribution in [0.5, 0.6) is 6.08 Å². The molecular formula is C30H28Cl2N4O5. The Hall–Kier alpha value is -3.40. The monoisotopic (exact) mass is 594 g/mol. The van der Waals surface area contributed by atoms with Crippen LogP contribution in [0.1, 0.15) is 71.7 Å². The maximum atomic E-state index is 12.6. The van der Waals surface area contributed by atoms with E-state index in [9.17, 15) is 4.79 Å². The Kier molecular flexibility index (Phi) is 6.97. The van der Waals surface area contributed by atoms with Crippen molar-refractivity contribution < 1.29 is 23.2 Å². The number of ether oxygens (including phenoxy) is 2. The highest BCUT2D eigenvalue weighted by Gasteiger charge is 2.44. The Bertz CT molecular complexity index is 1560. The van der Waals surface area contributed by atoms with E-state index in [1.54, 1.807) is 24.3 Å². The second kappa shape index (κ2) is 10.8. The summed E-state index contributed by atoms with van der Waals surface area (Å²) < 4.78 is 23.5. The Balaban J connectivity index is 1.03. The lowest BCUT2D eigenvalue weighted by Gasteiger charge is -2.37. The summed E-state index contributed by atoms with van der Waals surface area (Å²) in [4.78, 5) is 14.7. The topological polar surface area (TPSA) is 104 Å². The molecule has 41 heavy (non-hydrogen) atoms. The summed E-state index contributed by atoms with van der Waals surface area (Å²) >= 11 is 13.0. The molecule has 7 rings (SSSR count). The summed E-state index contributed by atoms with van der Waals surface area (Å²) in [5, 5.41) is 13.6. The number of anilines is 1. The third kappa shape index (κ3) is 5.11. The number of halogens is 2. The van der Waals surface area contributed by atoms with Crippen molar-refractivity contribution in [1.82, 2.24) is 15.4 Å². The minimum atomic E-state index is -0.523. The molecule has 2 saturated heterocycles. The number of fused-ring (bicyclic) bond motifs is 2. The number of rotatable bonds is 8. The summed E-state index contributed by atoms with van der Waals surface area (Å²) in [5.74, 6) is 0.709. The molecule has 3 atom stereocenters. The number of carbonyl (C=O) groups excluding carboxylic acids is 1. The zero-order chi connectivity index (χ0) is 28.1. The van der Waals surface area contributed by atoms with Crippen molar-refractivity contribution in [2.45, 2.75) is 76.2 Å². The van der Waals surface area contributed by atoms with E-state index in [4.69, 9.17) is 41.6 Å². The van der Waals surface area contributed by atoms with Gasteiger partial charge in [-0.05, 0) is 69.2 Å². The number of hydrogen-bond donors (Lipinski definition) is 0. The van der Waals surface area contributed by atoms with Crippen LogP contribution in [-0.2, 0) is 11.3 Å². The van der Waals surface area contributed by atoms with Crippen molar-refractivity contribution in [1.29, 1.82) is 0 Å². The second-order valence-corrected chi connectivity index (χ2v) is 11.8. The average Bonchev–Trinajstić information content (AvgIpc) is 3.46. The maximum Gasteiger partial charge on any atom is 0.424 e. The molecule has 212 valence electrons. The molecule has 0 amide bonds. The molecule has 9 nitrogen and oxygen atoms in total. The number of nitrogens with zero attached hydrogens (tertiary/aromatic N) is 4. The van der Waals surface area contributed by atoms with Crippen molar-refractivity contribution >= 4 is 35.2 Å². The molecule has 4 aromatic rings. The molecule has 0 spiro atoms. The SMILES string of the molecule is Cc1ccccc1C(=O)Oc1nnc(N2[C@@H]3CC[C@H]2CC(OCc2c(-c4c(Cl)cccc4Cl)noc2C2CC2)C3)o1. The van der Waals surface area contributed by atoms with Gasteiger partial charge in [0.15, 0.2) is 0 Å². The van der Waals surface area contributed by atoms with Crippen LogP contribution in [0.4, 0.5) is 6.01 Å². The van der Waals surface area contributed by atoms with E-state index in [-0.39, 0.29) is 24.3 Å². The molecule has 4 heterocycles. The lowest BCUT2D eigenvalue weighted by molar-refractivity contribution is 0.0139. The van der Waals surface area contributed by atoms with Gasteiger partial charge in [-0.3, -0.25) is 0 Å². The first-order valence-electron chi connectivity index (χ1n) is 13.9. The average molecular weight is 595 g/mol. The Morgan fingerprint density at radius 1 is 1.00 bits per heavy atom. The third-order valence-corrected chi connectivity index (χ3v) is 8.91. The Labute approximate surface area is 246 Å². The molecule has 11 heteroatoms. The third-order valence-electron chi connectivity index (χ3n) is 8.28. The van der Waals surface area contributed by atoms with Gasteiger partial charge in [0.05, 0.1) is 28.3 Å². The largest absolute Gasteiger partial charge is 0.424 e. The van der Waals surface area contributed by atoms with Gasteiger partial charge in [-0.1, -0.05) is 62.8 Å². The molecule has 1 saturated carbocycles. The number of hydrogen-bond acceptors (Lipinski definition) is 9. The van der Waals surface area contributed by atoms with Crippen LogP contribution in [0, 0.1) is 6.92 Å². The minimum absolute atomic E-state index is 0.0431. The summed E-state index contributed by atoms with van der Waals surface area (Å²) in [5.41, 5.74) is 3.53. The number of piperidine rings is 1. The number of aromatic nitrogens is 3. The molecule has 1 unspecified atom stereocenters. The van der Waals surface area contributed by atoms with E-state index < -0.39 is 5.97 Å². The quantitative estimate of drug-likeness (QED) is 0.196. The van der Waals surface area contributed by atoms with Crippen LogP contribution in [0.15, 0.2) is 51.4 Å². The van der Waals surface area contributed by atoms with E-state index in [0.29, 0.717) is 45.4 Å². The molecular weight excluding hydrogens is 567 g/mol. The van der Waals surface area contributed by atoms with Gasteiger partial charge >= 0.3 is 18.1 Å².